The highest BCUT2D eigenvalue weighted by molar-refractivity contribution is 6.01. The minimum atomic E-state index is 0.140. The number of nitrogens with zero attached hydrogens (tertiary/aromatic N) is 5. The van der Waals surface area contributed by atoms with Gasteiger partial charge in [-0.15, -0.1) is 0 Å². The van der Waals surface area contributed by atoms with Gasteiger partial charge in [-0.1, -0.05) is 36.4 Å². The lowest BCUT2D eigenvalue weighted by Gasteiger charge is -2.35. The molecule has 2 aliphatic rings. The Hall–Kier alpha value is -3.42. The maximum atomic E-state index is 13.8. The summed E-state index contributed by atoms with van der Waals surface area (Å²) in [6.07, 6.45) is 8.02. The van der Waals surface area contributed by atoms with Crippen LogP contribution >= 0.6 is 0 Å². The highest BCUT2D eigenvalue weighted by Crippen LogP contribution is 2.34. The number of benzene rings is 2. The molecule has 0 aliphatic carbocycles. The molecule has 2 aromatic heterocycles. The van der Waals surface area contributed by atoms with Crippen LogP contribution in [0.3, 0.4) is 0 Å². The van der Waals surface area contributed by atoms with E-state index in [2.05, 4.69) is 74.6 Å². The molecular formula is C32H40N6O. The van der Waals surface area contributed by atoms with E-state index in [0.717, 1.165) is 75.7 Å². The largest absolute Gasteiger partial charge is 0.350 e. The van der Waals surface area contributed by atoms with Crippen LogP contribution in [0.4, 0.5) is 0 Å². The van der Waals surface area contributed by atoms with Crippen molar-refractivity contribution >= 4 is 16.8 Å². The molecule has 0 unspecified atom stereocenters. The first kappa shape index (κ1) is 25.8. The van der Waals surface area contributed by atoms with E-state index < -0.39 is 0 Å². The number of piperazine rings is 1. The van der Waals surface area contributed by atoms with Crippen LogP contribution in [0.2, 0.25) is 0 Å². The molecule has 0 radical (unpaired) electrons. The summed E-state index contributed by atoms with van der Waals surface area (Å²) in [5, 5.41) is 1.18. The van der Waals surface area contributed by atoms with Crippen molar-refractivity contribution in [3.05, 3.63) is 89.1 Å². The second-order valence-electron chi connectivity index (χ2n) is 11.3. The number of piperidine rings is 1. The van der Waals surface area contributed by atoms with Crippen molar-refractivity contribution in [2.24, 2.45) is 0 Å². The number of hydrogen-bond donors (Lipinski definition) is 1. The lowest BCUT2D eigenvalue weighted by Crippen LogP contribution is -2.49. The van der Waals surface area contributed by atoms with E-state index in [4.69, 9.17) is 0 Å². The first-order valence-electron chi connectivity index (χ1n) is 14.4. The molecule has 7 nitrogen and oxygen atoms in total. The van der Waals surface area contributed by atoms with Crippen molar-refractivity contribution < 1.29 is 4.79 Å². The average molecular weight is 525 g/mol. The molecule has 1 amide bonds. The van der Waals surface area contributed by atoms with Gasteiger partial charge in [-0.05, 0) is 68.5 Å². The van der Waals surface area contributed by atoms with E-state index in [1.165, 1.54) is 29.4 Å². The molecule has 204 valence electrons. The molecule has 4 aromatic rings. The van der Waals surface area contributed by atoms with E-state index >= 15 is 0 Å². The van der Waals surface area contributed by atoms with Crippen LogP contribution in [-0.2, 0) is 13.1 Å². The van der Waals surface area contributed by atoms with Gasteiger partial charge in [-0.25, -0.2) is 4.98 Å². The van der Waals surface area contributed by atoms with Gasteiger partial charge >= 0.3 is 0 Å². The lowest BCUT2D eigenvalue weighted by molar-refractivity contribution is 0.0626. The Balaban J connectivity index is 1.12. The van der Waals surface area contributed by atoms with Crippen LogP contribution in [0.5, 0.6) is 0 Å². The molecule has 0 bridgehead atoms. The Morgan fingerprint density at radius 1 is 0.897 bits per heavy atom. The van der Waals surface area contributed by atoms with Crippen molar-refractivity contribution in [1.82, 2.24) is 29.2 Å². The van der Waals surface area contributed by atoms with Gasteiger partial charge in [0, 0.05) is 74.7 Å². The molecule has 0 atom stereocenters. The number of carbonyl (C=O) groups excluding carboxylic acids is 1. The van der Waals surface area contributed by atoms with Crippen LogP contribution < -0.4 is 0 Å². The molecule has 2 aliphatic heterocycles. The van der Waals surface area contributed by atoms with E-state index in [1.807, 2.05) is 29.7 Å². The summed E-state index contributed by atoms with van der Waals surface area (Å²) in [5.74, 6) is 0.762. The number of likely N-dealkylation sites (tertiary alicyclic amines) is 1. The minimum absolute atomic E-state index is 0.140. The molecule has 7 heteroatoms. The van der Waals surface area contributed by atoms with Gasteiger partial charge in [0.25, 0.3) is 5.91 Å². The first-order valence-corrected chi connectivity index (χ1v) is 14.4. The second kappa shape index (κ2) is 11.4. The number of rotatable bonds is 7. The molecule has 2 saturated heterocycles. The number of para-hydroxylation sites is 1. The number of nitrogens with one attached hydrogen (secondary N) is 1. The Kier molecular flexibility index (Phi) is 7.53. The van der Waals surface area contributed by atoms with E-state index in [0.29, 0.717) is 5.92 Å². The number of fused-ring (bicyclic) bond motifs is 1. The lowest BCUT2D eigenvalue weighted by atomic mass is 9.84. The third-order valence-electron chi connectivity index (χ3n) is 8.84. The van der Waals surface area contributed by atoms with Crippen LogP contribution in [-0.4, -0.2) is 81.0 Å². The standard InChI is InChI=1S/C32H40N6O/c1-24-6-5-7-25(2)30(24)26-10-13-36(14-11-26)22-28-27-8-3-4-9-29(27)34-31(28)32(39)38-20-18-35(19-21-38)16-17-37-15-12-33-23-37/h3-9,12,15,23,26,34H,10-11,13-14,16-22H2,1-2H3. The fraction of sp³-hybridized carbons (Fsp3) is 0.438. The van der Waals surface area contributed by atoms with Gasteiger partial charge in [0.1, 0.15) is 5.69 Å². The number of carbonyl (C=O) groups is 1. The normalized spacial score (nSPS) is 17.7. The number of hydrogen-bond acceptors (Lipinski definition) is 4. The predicted octanol–water partition coefficient (Wildman–Crippen LogP) is 4.82. The molecule has 0 spiro atoms. The zero-order valence-electron chi connectivity index (χ0n) is 23.3. The van der Waals surface area contributed by atoms with Crippen molar-refractivity contribution in [2.75, 3.05) is 45.8 Å². The Labute approximate surface area is 231 Å². The third-order valence-corrected chi connectivity index (χ3v) is 8.84. The summed E-state index contributed by atoms with van der Waals surface area (Å²) < 4.78 is 2.11. The van der Waals surface area contributed by atoms with Gasteiger partial charge in [-0.3, -0.25) is 14.6 Å². The number of aromatic nitrogens is 3. The van der Waals surface area contributed by atoms with Gasteiger partial charge in [0.15, 0.2) is 0 Å². The summed E-state index contributed by atoms with van der Waals surface area (Å²) in [5.41, 5.74) is 7.37. The molecule has 39 heavy (non-hydrogen) atoms. The smallest absolute Gasteiger partial charge is 0.270 e. The SMILES string of the molecule is Cc1cccc(C)c1C1CCN(Cc2c(C(=O)N3CCN(CCn4ccnc4)CC3)[nH]c3ccccc23)CC1. The number of aryl methyl sites for hydroxylation is 2. The van der Waals surface area contributed by atoms with Crippen LogP contribution in [0.15, 0.2) is 61.2 Å². The van der Waals surface area contributed by atoms with Crippen molar-refractivity contribution in [3.8, 4) is 0 Å². The fourth-order valence-electron chi connectivity index (χ4n) is 6.63. The van der Waals surface area contributed by atoms with E-state index in [-0.39, 0.29) is 5.91 Å². The van der Waals surface area contributed by atoms with E-state index in [1.54, 1.807) is 5.56 Å². The van der Waals surface area contributed by atoms with Crippen molar-refractivity contribution in [1.29, 1.82) is 0 Å². The Morgan fingerprint density at radius 2 is 1.64 bits per heavy atom. The number of imidazole rings is 1. The first-order chi connectivity index (χ1) is 19.1. The quantitative estimate of drug-likeness (QED) is 0.377. The maximum Gasteiger partial charge on any atom is 0.270 e. The van der Waals surface area contributed by atoms with E-state index in [9.17, 15) is 4.79 Å². The van der Waals surface area contributed by atoms with Crippen LogP contribution in [0.1, 0.15) is 51.5 Å². The van der Waals surface area contributed by atoms with Crippen molar-refractivity contribution in [3.63, 3.8) is 0 Å². The van der Waals surface area contributed by atoms with Gasteiger partial charge < -0.3 is 14.5 Å². The zero-order valence-corrected chi connectivity index (χ0v) is 23.3. The predicted molar refractivity (Wildman–Crippen MR) is 156 cm³/mol. The maximum absolute atomic E-state index is 13.8. The number of aromatic amines is 1. The van der Waals surface area contributed by atoms with Crippen molar-refractivity contribution in [2.45, 2.75) is 45.7 Å². The van der Waals surface area contributed by atoms with Gasteiger partial charge in [-0.2, -0.15) is 0 Å². The highest BCUT2D eigenvalue weighted by atomic mass is 16.2. The molecule has 6 rings (SSSR count). The van der Waals surface area contributed by atoms with Gasteiger partial charge in [0.05, 0.1) is 6.33 Å². The molecule has 0 saturated carbocycles. The summed E-state index contributed by atoms with van der Waals surface area (Å²) in [7, 11) is 0. The average Bonchev–Trinajstić information content (AvgIpc) is 3.61. The monoisotopic (exact) mass is 524 g/mol. The number of H-pyrrole nitrogens is 1. The summed E-state index contributed by atoms with van der Waals surface area (Å²) in [4.78, 5) is 28.5. The Bertz CT molecular complexity index is 1390. The van der Waals surface area contributed by atoms with Crippen LogP contribution in [0, 0.1) is 13.8 Å². The topological polar surface area (TPSA) is 60.4 Å². The molecule has 2 fully saturated rings. The molecule has 2 aromatic carbocycles. The third kappa shape index (κ3) is 5.52. The Morgan fingerprint density at radius 3 is 2.36 bits per heavy atom. The van der Waals surface area contributed by atoms with Gasteiger partial charge in [0.2, 0.25) is 0 Å². The fourth-order valence-corrected chi connectivity index (χ4v) is 6.63. The highest BCUT2D eigenvalue weighted by Gasteiger charge is 2.29. The van der Waals surface area contributed by atoms with Crippen LogP contribution in [0.25, 0.3) is 10.9 Å². The summed E-state index contributed by atoms with van der Waals surface area (Å²) in [6.45, 7) is 12.7. The minimum Gasteiger partial charge on any atom is -0.350 e. The summed E-state index contributed by atoms with van der Waals surface area (Å²) in [6, 6.07) is 15.1. The molecular weight excluding hydrogens is 484 g/mol. The molecule has 4 heterocycles. The number of amides is 1. The summed E-state index contributed by atoms with van der Waals surface area (Å²) >= 11 is 0. The second-order valence-corrected chi connectivity index (χ2v) is 11.3. The molecule has 1 N–H and O–H groups in total. The zero-order chi connectivity index (χ0) is 26.8.